The number of rotatable bonds is 5. The Morgan fingerprint density at radius 1 is 0.790 bits per heavy atom. The fourth-order valence-corrected chi connectivity index (χ4v) is 9.09. The molecule has 8 rings (SSSR count). The Balaban J connectivity index is 0.000000178. The Bertz CT molecular complexity index is 2280. The number of hydrogen-bond acceptors (Lipinski definition) is 9. The summed E-state index contributed by atoms with van der Waals surface area (Å²) in [5, 5.41) is 25.0. The molecule has 332 valence electrons. The van der Waals surface area contributed by atoms with Crippen molar-refractivity contribution in [1.82, 2.24) is 15.5 Å². The molecule has 2 spiro atoms. The number of carbonyl (C=O) groups excluding carboxylic acids is 3. The van der Waals surface area contributed by atoms with E-state index in [9.17, 15) is 37.1 Å². The average molecular weight is 861 g/mol. The first-order valence-electron chi connectivity index (χ1n) is 21.0. The summed E-state index contributed by atoms with van der Waals surface area (Å²) in [5.74, 6) is -1.69. The number of benzene rings is 4. The van der Waals surface area contributed by atoms with E-state index in [1.54, 1.807) is 41.3 Å². The molecule has 1 aliphatic carbocycles. The minimum Gasteiger partial charge on any atom is -0.389 e. The van der Waals surface area contributed by atoms with Gasteiger partial charge in [0.15, 0.2) is 11.6 Å². The normalized spacial score (nSPS) is 19.6. The van der Waals surface area contributed by atoms with Crippen LogP contribution in [0.1, 0.15) is 119 Å². The van der Waals surface area contributed by atoms with Gasteiger partial charge in [-0.1, -0.05) is 18.2 Å². The molecule has 8 N–H and O–H groups in total. The van der Waals surface area contributed by atoms with E-state index in [0.717, 1.165) is 42.7 Å². The van der Waals surface area contributed by atoms with Crippen LogP contribution < -0.4 is 27.0 Å². The Morgan fingerprint density at radius 3 is 1.94 bits per heavy atom. The first-order chi connectivity index (χ1) is 29.5. The fraction of sp³-hybridized carbons (Fsp3) is 0.426. The standard InChI is InChI=1S/C24H27F2N3O3.C14H17FN2O.C9H12FNO/c1-15(30)18-11-16(3-5-20(18)26)14-27-23(32)29-9-7-24(8-10-29)13-22(31)19-12-17(25)4-6-21(19)28(24)2;15-9-1-2-10-11(7-9)12(18)8-14(13(10)16)3-5-17-6-4-14;1-6(12)8-4-7(5-11)2-3-9(8)10/h3-6,11-12,15,30H,7-10,13-14H2,1-2H3,(H,27,32);1-2,7,13,17H,3-6,8,16H2;2-4,6,12H,5,11H2,1H3. The highest BCUT2D eigenvalue weighted by Crippen LogP contribution is 2.48. The molecule has 0 saturated carbocycles. The number of likely N-dealkylation sites (tertiary alicyclic amines) is 1. The highest BCUT2D eigenvalue weighted by molar-refractivity contribution is 6.04. The molecule has 3 atom stereocenters. The molecule has 4 aromatic carbocycles. The lowest BCUT2D eigenvalue weighted by Gasteiger charge is -2.50. The molecule has 2 fully saturated rings. The van der Waals surface area contributed by atoms with Gasteiger partial charge in [-0.05, 0) is 129 Å². The van der Waals surface area contributed by atoms with E-state index in [2.05, 4.69) is 15.5 Å². The smallest absolute Gasteiger partial charge is 0.317 e. The molecular weight excluding hydrogens is 805 g/mol. The van der Waals surface area contributed by atoms with Crippen molar-refractivity contribution in [2.45, 2.75) is 89.3 Å². The molecule has 0 radical (unpaired) electrons. The van der Waals surface area contributed by atoms with Crippen LogP contribution in [0.5, 0.6) is 0 Å². The Labute approximate surface area is 359 Å². The minimum atomic E-state index is -0.930. The third kappa shape index (κ3) is 10.0. The van der Waals surface area contributed by atoms with Crippen LogP contribution in [0.2, 0.25) is 0 Å². The number of anilines is 1. The SMILES string of the molecule is CC(O)c1cc(CN)ccc1F.CC(O)c1cc(CNC(=O)N2CCC3(CC2)CC(=O)c2cc(F)ccc2N3C)ccc1F.NC1c2ccc(F)cc2C(=O)CC12CCNCC2. The van der Waals surface area contributed by atoms with E-state index in [0.29, 0.717) is 67.6 Å². The van der Waals surface area contributed by atoms with Gasteiger partial charge in [0.05, 0.1) is 17.7 Å². The van der Waals surface area contributed by atoms with E-state index in [1.165, 1.54) is 50.2 Å². The number of nitrogens with zero attached hydrogens (tertiary/aromatic N) is 2. The Kier molecular flexibility index (Phi) is 14.5. The predicted octanol–water partition coefficient (Wildman–Crippen LogP) is 6.90. The monoisotopic (exact) mass is 860 g/mol. The molecule has 15 heteroatoms. The number of ketones is 2. The summed E-state index contributed by atoms with van der Waals surface area (Å²) in [5.41, 5.74) is 15.7. The minimum absolute atomic E-state index is 0.0353. The molecule has 3 unspecified atom stereocenters. The number of urea groups is 1. The predicted molar refractivity (Wildman–Crippen MR) is 228 cm³/mol. The second kappa shape index (κ2) is 19.5. The molecular formula is C47H56F4N6O5. The van der Waals surface area contributed by atoms with E-state index < -0.39 is 23.8 Å². The highest BCUT2D eigenvalue weighted by atomic mass is 19.1. The number of aliphatic hydroxyl groups is 2. The maximum atomic E-state index is 13.8. The van der Waals surface area contributed by atoms with E-state index in [1.807, 2.05) is 7.05 Å². The summed E-state index contributed by atoms with van der Waals surface area (Å²) < 4.78 is 53.5. The number of fused-ring (bicyclic) bond motifs is 2. The first kappa shape index (κ1) is 46.3. The lowest BCUT2D eigenvalue weighted by Crippen LogP contribution is -2.59. The lowest BCUT2D eigenvalue weighted by molar-refractivity contribution is 0.0760. The molecule has 2 saturated heterocycles. The number of carbonyl (C=O) groups is 3. The number of Topliss-reactive ketones (excluding diaryl/α,β-unsaturated/α-hetero) is 2. The van der Waals surface area contributed by atoms with Gasteiger partial charge in [-0.3, -0.25) is 9.59 Å². The van der Waals surface area contributed by atoms with Gasteiger partial charge in [0.25, 0.3) is 0 Å². The summed E-state index contributed by atoms with van der Waals surface area (Å²) >= 11 is 0. The zero-order chi connectivity index (χ0) is 44.9. The maximum absolute atomic E-state index is 13.8. The largest absolute Gasteiger partial charge is 0.389 e. The molecule has 11 nitrogen and oxygen atoms in total. The topological polar surface area (TPSA) is 174 Å². The average Bonchev–Trinajstić information content (AvgIpc) is 3.25. The van der Waals surface area contributed by atoms with Crippen LogP contribution in [-0.4, -0.2) is 71.5 Å². The summed E-state index contributed by atoms with van der Waals surface area (Å²) in [6.07, 6.45) is 2.12. The van der Waals surface area contributed by atoms with Crippen molar-refractivity contribution in [2.24, 2.45) is 16.9 Å². The summed E-state index contributed by atoms with van der Waals surface area (Å²) in [6, 6.07) is 17.2. The van der Waals surface area contributed by atoms with Crippen molar-refractivity contribution in [3.63, 3.8) is 0 Å². The number of nitrogens with one attached hydrogen (secondary N) is 2. The van der Waals surface area contributed by atoms with Crippen molar-refractivity contribution in [3.8, 4) is 0 Å². The van der Waals surface area contributed by atoms with Crippen LogP contribution in [0.25, 0.3) is 0 Å². The summed E-state index contributed by atoms with van der Waals surface area (Å²) in [6.45, 7) is 6.38. The molecule has 3 aliphatic heterocycles. The summed E-state index contributed by atoms with van der Waals surface area (Å²) in [4.78, 5) is 41.4. The molecule has 3 heterocycles. The molecule has 0 aromatic heterocycles. The highest BCUT2D eigenvalue weighted by Gasteiger charge is 2.46. The van der Waals surface area contributed by atoms with Crippen LogP contribution in [0.4, 0.5) is 28.0 Å². The first-order valence-corrected chi connectivity index (χ1v) is 21.0. The van der Waals surface area contributed by atoms with Gasteiger partial charge in [-0.25, -0.2) is 22.4 Å². The number of amides is 2. The van der Waals surface area contributed by atoms with Crippen molar-refractivity contribution < 1.29 is 42.2 Å². The Morgan fingerprint density at radius 2 is 1.34 bits per heavy atom. The third-order valence-corrected chi connectivity index (χ3v) is 12.9. The van der Waals surface area contributed by atoms with Crippen LogP contribution in [0.15, 0.2) is 72.8 Å². The molecule has 2 amide bonds. The zero-order valence-electron chi connectivity index (χ0n) is 35.3. The van der Waals surface area contributed by atoms with Gasteiger partial charge in [-0.2, -0.15) is 0 Å². The van der Waals surface area contributed by atoms with Crippen LogP contribution in [0, 0.1) is 28.7 Å². The molecule has 0 bridgehead atoms. The van der Waals surface area contributed by atoms with Crippen molar-refractivity contribution in [1.29, 1.82) is 0 Å². The van der Waals surface area contributed by atoms with Gasteiger partial charge >= 0.3 is 6.03 Å². The maximum Gasteiger partial charge on any atom is 0.317 e. The quantitative estimate of drug-likeness (QED) is 0.117. The van der Waals surface area contributed by atoms with Crippen molar-refractivity contribution in [3.05, 3.63) is 135 Å². The zero-order valence-corrected chi connectivity index (χ0v) is 35.3. The molecule has 4 aromatic rings. The van der Waals surface area contributed by atoms with E-state index in [4.69, 9.17) is 16.6 Å². The number of hydrogen-bond donors (Lipinski definition) is 6. The van der Waals surface area contributed by atoms with Crippen LogP contribution in [0.3, 0.4) is 0 Å². The lowest BCUT2D eigenvalue weighted by atomic mass is 9.63. The van der Waals surface area contributed by atoms with Crippen molar-refractivity contribution in [2.75, 3.05) is 38.1 Å². The van der Waals surface area contributed by atoms with Gasteiger partial charge in [0.2, 0.25) is 0 Å². The van der Waals surface area contributed by atoms with Gasteiger partial charge in [0, 0.05) is 80.1 Å². The van der Waals surface area contributed by atoms with Crippen LogP contribution in [-0.2, 0) is 13.1 Å². The van der Waals surface area contributed by atoms with Crippen LogP contribution >= 0.6 is 0 Å². The number of nitrogens with two attached hydrogens (primary N) is 2. The van der Waals surface area contributed by atoms with Gasteiger partial charge < -0.3 is 42.1 Å². The third-order valence-electron chi connectivity index (χ3n) is 12.9. The number of aliphatic hydroxyl groups excluding tert-OH is 2. The van der Waals surface area contributed by atoms with E-state index in [-0.39, 0.29) is 58.3 Å². The van der Waals surface area contributed by atoms with Gasteiger partial charge in [-0.15, -0.1) is 0 Å². The van der Waals surface area contributed by atoms with Crippen molar-refractivity contribution >= 4 is 23.3 Å². The second-order valence-corrected chi connectivity index (χ2v) is 16.9. The second-order valence-electron chi connectivity index (χ2n) is 16.9. The summed E-state index contributed by atoms with van der Waals surface area (Å²) in [7, 11) is 1.92. The fourth-order valence-electron chi connectivity index (χ4n) is 9.09. The Hall–Kier alpha value is -5.19. The van der Waals surface area contributed by atoms with E-state index >= 15 is 0 Å². The number of halogens is 4. The van der Waals surface area contributed by atoms with Gasteiger partial charge in [0.1, 0.15) is 23.3 Å². The molecule has 62 heavy (non-hydrogen) atoms. The molecule has 4 aliphatic rings. The number of piperidine rings is 2.